The summed E-state index contributed by atoms with van der Waals surface area (Å²) in [7, 11) is -2.49. The molecule has 11 heteroatoms. The number of aromatic amines is 1. The molecule has 0 unspecified atom stereocenters. The number of nitrogens with zero attached hydrogens (tertiary/aromatic N) is 4. The normalized spacial score (nSPS) is 15.3. The van der Waals surface area contributed by atoms with Crippen LogP contribution in [-0.4, -0.2) is 46.0 Å². The molecule has 1 aliphatic rings. The molecule has 4 rings (SSSR count). The SMILES string of the molecule is Cc1cc(Nc2nc(Nc3cc(C)c(C4CCN([SH](=O)=O)CC4)cc3C)ncc2Cl)n[nH]1. The molecule has 3 heterocycles. The molecule has 32 heavy (non-hydrogen) atoms. The molecule has 0 saturated carbocycles. The summed E-state index contributed by atoms with van der Waals surface area (Å²) in [6.07, 6.45) is 3.21. The smallest absolute Gasteiger partial charge is 0.229 e. The molecule has 3 aromatic rings. The van der Waals surface area contributed by atoms with Gasteiger partial charge in [-0.1, -0.05) is 17.7 Å². The average Bonchev–Trinajstić information content (AvgIpc) is 3.17. The van der Waals surface area contributed by atoms with Crippen molar-refractivity contribution in [3.05, 3.63) is 51.8 Å². The highest BCUT2D eigenvalue weighted by atomic mass is 35.5. The van der Waals surface area contributed by atoms with Crippen molar-refractivity contribution in [2.45, 2.75) is 39.5 Å². The molecule has 2 aromatic heterocycles. The number of hydrogen-bond donors (Lipinski definition) is 4. The lowest BCUT2D eigenvalue weighted by molar-refractivity contribution is 0.327. The summed E-state index contributed by atoms with van der Waals surface area (Å²) in [5.41, 5.74) is 5.33. The Morgan fingerprint density at radius 1 is 1.09 bits per heavy atom. The number of aromatic nitrogens is 4. The van der Waals surface area contributed by atoms with Crippen LogP contribution in [0.25, 0.3) is 0 Å². The van der Waals surface area contributed by atoms with Crippen molar-refractivity contribution in [2.24, 2.45) is 0 Å². The minimum atomic E-state index is -2.49. The molecule has 1 aliphatic heterocycles. The molecule has 0 spiro atoms. The number of benzene rings is 1. The quantitative estimate of drug-likeness (QED) is 0.398. The van der Waals surface area contributed by atoms with Gasteiger partial charge in [0.05, 0.1) is 6.20 Å². The Hall–Kier alpha value is -2.69. The number of H-pyrrole nitrogens is 1. The van der Waals surface area contributed by atoms with Crippen molar-refractivity contribution >= 4 is 45.8 Å². The Morgan fingerprint density at radius 3 is 2.50 bits per heavy atom. The predicted molar refractivity (Wildman–Crippen MR) is 127 cm³/mol. The second kappa shape index (κ2) is 9.43. The fourth-order valence-corrected chi connectivity index (χ4v) is 4.69. The Morgan fingerprint density at radius 2 is 1.84 bits per heavy atom. The third kappa shape index (κ3) is 5.03. The van der Waals surface area contributed by atoms with Gasteiger partial charge in [0.25, 0.3) is 0 Å². The maximum absolute atomic E-state index is 11.2. The molecular weight excluding hydrogens is 450 g/mol. The Labute approximate surface area is 193 Å². The first-order chi connectivity index (χ1) is 15.3. The number of aryl methyl sites for hydroxylation is 3. The zero-order chi connectivity index (χ0) is 22.8. The minimum absolute atomic E-state index is 0.355. The van der Waals surface area contributed by atoms with E-state index in [0.29, 0.717) is 41.6 Å². The van der Waals surface area contributed by atoms with Gasteiger partial charge in [0.15, 0.2) is 11.6 Å². The monoisotopic (exact) mass is 475 g/mol. The van der Waals surface area contributed by atoms with E-state index in [1.165, 1.54) is 9.87 Å². The van der Waals surface area contributed by atoms with E-state index < -0.39 is 10.9 Å². The van der Waals surface area contributed by atoms with Crippen LogP contribution in [0.3, 0.4) is 0 Å². The predicted octanol–water partition coefficient (Wildman–Crippen LogP) is 3.97. The summed E-state index contributed by atoms with van der Waals surface area (Å²) in [5, 5.41) is 13.8. The summed E-state index contributed by atoms with van der Waals surface area (Å²) < 4.78 is 23.9. The van der Waals surface area contributed by atoms with Gasteiger partial charge in [-0.15, -0.1) is 0 Å². The summed E-state index contributed by atoms with van der Waals surface area (Å²) in [4.78, 5) is 8.80. The lowest BCUT2D eigenvalue weighted by atomic mass is 9.86. The van der Waals surface area contributed by atoms with Crippen LogP contribution in [-0.2, 0) is 10.9 Å². The van der Waals surface area contributed by atoms with E-state index in [1.807, 2.05) is 19.9 Å². The number of hydrogen-bond acceptors (Lipinski definition) is 7. The first-order valence-corrected chi connectivity index (χ1v) is 11.9. The van der Waals surface area contributed by atoms with Gasteiger partial charge in [0.1, 0.15) is 5.02 Å². The van der Waals surface area contributed by atoms with Crippen LogP contribution >= 0.6 is 11.6 Å². The van der Waals surface area contributed by atoms with E-state index in [1.54, 1.807) is 6.20 Å². The molecule has 1 aromatic carbocycles. The highest BCUT2D eigenvalue weighted by Crippen LogP contribution is 2.34. The molecule has 1 saturated heterocycles. The standard InChI is InChI=1S/C21H26ClN7O2S/c1-12-9-18(13(2)8-16(12)15-4-6-29(7-5-15)32(30)31)24-21-23-11-17(22)20(26-21)25-19-10-14(3)27-28-19/h8-11,15,32H,4-7H2,1-3H3,(H3,23,24,25,26,27,28). The fourth-order valence-electron chi connectivity index (χ4n) is 3.99. The molecule has 0 amide bonds. The number of anilines is 4. The van der Waals surface area contributed by atoms with Crippen LogP contribution in [0.1, 0.15) is 41.1 Å². The van der Waals surface area contributed by atoms with E-state index in [-0.39, 0.29) is 0 Å². The van der Waals surface area contributed by atoms with Crippen molar-refractivity contribution in [1.29, 1.82) is 0 Å². The molecule has 1 fully saturated rings. The van der Waals surface area contributed by atoms with Crippen LogP contribution in [0.2, 0.25) is 5.02 Å². The van der Waals surface area contributed by atoms with Crippen molar-refractivity contribution < 1.29 is 8.42 Å². The summed E-state index contributed by atoms with van der Waals surface area (Å²) in [6.45, 7) is 7.18. The van der Waals surface area contributed by atoms with Crippen molar-refractivity contribution in [2.75, 3.05) is 23.7 Å². The Bertz CT molecular complexity index is 1190. The van der Waals surface area contributed by atoms with E-state index >= 15 is 0 Å². The first-order valence-electron chi connectivity index (χ1n) is 10.4. The molecule has 170 valence electrons. The van der Waals surface area contributed by atoms with Crippen molar-refractivity contribution in [1.82, 2.24) is 24.5 Å². The highest BCUT2D eigenvalue weighted by Gasteiger charge is 2.23. The maximum Gasteiger partial charge on any atom is 0.229 e. The molecule has 0 atom stereocenters. The maximum atomic E-state index is 11.2. The average molecular weight is 476 g/mol. The largest absolute Gasteiger partial charge is 0.324 e. The van der Waals surface area contributed by atoms with Crippen LogP contribution < -0.4 is 10.6 Å². The summed E-state index contributed by atoms with van der Waals surface area (Å²) in [5.74, 6) is 1.86. The van der Waals surface area contributed by atoms with E-state index in [2.05, 4.69) is 49.9 Å². The zero-order valence-electron chi connectivity index (χ0n) is 18.1. The van der Waals surface area contributed by atoms with Crippen LogP contribution in [0.4, 0.5) is 23.3 Å². The number of nitrogens with one attached hydrogen (secondary N) is 3. The second-order valence-electron chi connectivity index (χ2n) is 8.07. The van der Waals surface area contributed by atoms with E-state index in [4.69, 9.17) is 11.6 Å². The number of piperidine rings is 1. The Kier molecular flexibility index (Phi) is 6.63. The summed E-state index contributed by atoms with van der Waals surface area (Å²) in [6, 6.07) is 6.13. The molecule has 0 aliphatic carbocycles. The second-order valence-corrected chi connectivity index (χ2v) is 9.51. The van der Waals surface area contributed by atoms with Gasteiger partial charge in [-0.05, 0) is 62.3 Å². The topological polar surface area (TPSA) is 116 Å². The van der Waals surface area contributed by atoms with Crippen LogP contribution in [0, 0.1) is 20.8 Å². The molecule has 9 nitrogen and oxygen atoms in total. The highest BCUT2D eigenvalue weighted by molar-refractivity contribution is 7.69. The van der Waals surface area contributed by atoms with Gasteiger partial charge in [-0.2, -0.15) is 10.1 Å². The Balaban J connectivity index is 1.51. The van der Waals surface area contributed by atoms with Crippen LogP contribution in [0.15, 0.2) is 24.4 Å². The number of halogens is 1. The van der Waals surface area contributed by atoms with E-state index in [9.17, 15) is 8.42 Å². The van der Waals surface area contributed by atoms with Gasteiger partial charge in [-0.25, -0.2) is 17.7 Å². The van der Waals surface area contributed by atoms with Crippen LogP contribution in [0.5, 0.6) is 0 Å². The van der Waals surface area contributed by atoms with E-state index in [0.717, 1.165) is 35.3 Å². The minimum Gasteiger partial charge on any atom is -0.324 e. The van der Waals surface area contributed by atoms with Crippen molar-refractivity contribution in [3.8, 4) is 0 Å². The van der Waals surface area contributed by atoms with Crippen molar-refractivity contribution in [3.63, 3.8) is 0 Å². The zero-order valence-corrected chi connectivity index (χ0v) is 19.8. The lowest BCUT2D eigenvalue weighted by Crippen LogP contribution is -2.31. The number of rotatable bonds is 6. The van der Waals surface area contributed by atoms with Gasteiger partial charge < -0.3 is 10.6 Å². The first kappa shape index (κ1) is 22.5. The van der Waals surface area contributed by atoms with Gasteiger partial charge in [0.2, 0.25) is 16.8 Å². The fraction of sp³-hybridized carbons (Fsp3) is 0.381. The molecule has 3 N–H and O–H groups in total. The third-order valence-corrected chi connectivity index (χ3v) is 6.84. The lowest BCUT2D eigenvalue weighted by Gasteiger charge is -2.29. The molecule has 0 bridgehead atoms. The molecular formula is C21H26ClN7O2S. The third-order valence-electron chi connectivity index (χ3n) is 5.70. The van der Waals surface area contributed by atoms with Gasteiger partial charge in [-0.3, -0.25) is 5.10 Å². The van der Waals surface area contributed by atoms with Gasteiger partial charge >= 0.3 is 0 Å². The summed E-state index contributed by atoms with van der Waals surface area (Å²) >= 11 is 6.25. The van der Waals surface area contributed by atoms with Gasteiger partial charge in [0, 0.05) is 30.5 Å². The number of thiol groups is 1. The molecule has 0 radical (unpaired) electrons.